The van der Waals surface area contributed by atoms with Gasteiger partial charge in [-0.05, 0) is 44.0 Å². The van der Waals surface area contributed by atoms with Crippen LogP contribution in [0.4, 0.5) is 0 Å². The summed E-state index contributed by atoms with van der Waals surface area (Å²) >= 11 is 0. The zero-order chi connectivity index (χ0) is 15.0. The Morgan fingerprint density at radius 2 is 2.10 bits per heavy atom. The minimum atomic E-state index is -0.417. The predicted octanol–water partition coefficient (Wildman–Crippen LogP) is 1.60. The zero-order valence-corrected chi connectivity index (χ0v) is 11.8. The predicted molar refractivity (Wildman–Crippen MR) is 75.2 cm³/mol. The van der Waals surface area contributed by atoms with Crippen LogP contribution in [0.1, 0.15) is 32.3 Å². The molecule has 1 amide bonds. The maximum Gasteiger partial charge on any atom is 0.258 e. The molecule has 0 fully saturated rings. The Labute approximate surface area is 119 Å². The number of rotatable bonds is 7. The highest BCUT2D eigenvalue weighted by molar-refractivity contribution is 5.78. The highest BCUT2D eigenvalue weighted by Gasteiger charge is 2.23. The number of carbonyl (C=O) groups is 1. The third-order valence-corrected chi connectivity index (χ3v) is 3.24. The summed E-state index contributed by atoms with van der Waals surface area (Å²) in [6.07, 6.45) is 1.24. The van der Waals surface area contributed by atoms with Gasteiger partial charge in [-0.1, -0.05) is 6.92 Å². The first-order valence-corrected chi connectivity index (χ1v) is 6.58. The summed E-state index contributed by atoms with van der Waals surface area (Å²) in [5, 5.41) is 20.5. The molecule has 1 aromatic rings. The Bertz CT molecular complexity index is 479. The molecule has 0 aliphatic carbocycles. The van der Waals surface area contributed by atoms with Gasteiger partial charge in [0.15, 0.2) is 6.61 Å². The zero-order valence-electron chi connectivity index (χ0n) is 11.8. The maximum atomic E-state index is 11.8. The fraction of sp³-hybridized carbons (Fsp3) is 0.467. The highest BCUT2D eigenvalue weighted by Crippen LogP contribution is 2.14. The molecule has 0 bridgehead atoms. The number of hydrogen-bond acceptors (Lipinski definition) is 4. The van der Waals surface area contributed by atoms with Crippen LogP contribution in [-0.2, 0) is 4.79 Å². The van der Waals surface area contributed by atoms with Crippen LogP contribution in [-0.4, -0.2) is 29.8 Å². The van der Waals surface area contributed by atoms with Crippen molar-refractivity contribution in [3.8, 4) is 11.8 Å². The Balaban J connectivity index is 2.48. The molecule has 1 rings (SSSR count). The molecule has 0 aliphatic rings. The fourth-order valence-electron chi connectivity index (χ4n) is 1.72. The van der Waals surface area contributed by atoms with Crippen molar-refractivity contribution < 1.29 is 14.6 Å². The first-order valence-electron chi connectivity index (χ1n) is 6.58. The molecule has 0 aromatic heterocycles. The molecular weight excluding hydrogens is 256 g/mol. The van der Waals surface area contributed by atoms with Crippen molar-refractivity contribution in [3.63, 3.8) is 0 Å². The summed E-state index contributed by atoms with van der Waals surface area (Å²) in [6.45, 7) is 3.79. The van der Waals surface area contributed by atoms with Crippen molar-refractivity contribution in [3.05, 3.63) is 29.8 Å². The SMILES string of the molecule is CCC(C)(CCO)NC(=O)COc1ccc(C#N)cc1. The number of nitrogens with one attached hydrogen (secondary N) is 1. The van der Waals surface area contributed by atoms with Crippen molar-refractivity contribution >= 4 is 5.91 Å². The number of aliphatic hydroxyl groups excluding tert-OH is 1. The van der Waals surface area contributed by atoms with E-state index in [0.29, 0.717) is 17.7 Å². The van der Waals surface area contributed by atoms with Gasteiger partial charge in [0.2, 0.25) is 0 Å². The lowest BCUT2D eigenvalue weighted by atomic mass is 9.95. The number of hydrogen-bond donors (Lipinski definition) is 2. The van der Waals surface area contributed by atoms with Gasteiger partial charge < -0.3 is 15.2 Å². The number of benzene rings is 1. The highest BCUT2D eigenvalue weighted by atomic mass is 16.5. The van der Waals surface area contributed by atoms with Crippen LogP contribution < -0.4 is 10.1 Å². The molecule has 2 N–H and O–H groups in total. The standard InChI is InChI=1S/C15H20N2O3/c1-3-15(2,8-9-18)17-14(19)11-20-13-6-4-12(10-16)5-7-13/h4-7,18H,3,8-9,11H2,1-2H3,(H,17,19). The van der Waals surface area contributed by atoms with Crippen molar-refractivity contribution in [2.45, 2.75) is 32.2 Å². The van der Waals surface area contributed by atoms with E-state index in [-0.39, 0.29) is 19.1 Å². The van der Waals surface area contributed by atoms with Gasteiger partial charge in [0.05, 0.1) is 11.6 Å². The van der Waals surface area contributed by atoms with Crippen LogP contribution in [0, 0.1) is 11.3 Å². The number of nitriles is 1. The van der Waals surface area contributed by atoms with E-state index in [4.69, 9.17) is 15.1 Å². The van der Waals surface area contributed by atoms with Gasteiger partial charge >= 0.3 is 0 Å². The van der Waals surface area contributed by atoms with E-state index in [9.17, 15) is 4.79 Å². The second-order valence-electron chi connectivity index (χ2n) is 4.86. The van der Waals surface area contributed by atoms with E-state index in [2.05, 4.69) is 5.32 Å². The number of ether oxygens (including phenoxy) is 1. The fourth-order valence-corrected chi connectivity index (χ4v) is 1.72. The van der Waals surface area contributed by atoms with Crippen LogP contribution in [0.25, 0.3) is 0 Å². The Morgan fingerprint density at radius 3 is 2.60 bits per heavy atom. The summed E-state index contributed by atoms with van der Waals surface area (Å²) in [4.78, 5) is 11.8. The second kappa shape index (κ2) is 7.51. The summed E-state index contributed by atoms with van der Waals surface area (Å²) in [5.41, 5.74) is 0.128. The third-order valence-electron chi connectivity index (χ3n) is 3.24. The lowest BCUT2D eigenvalue weighted by molar-refractivity contribution is -0.125. The minimum Gasteiger partial charge on any atom is -0.484 e. The summed E-state index contributed by atoms with van der Waals surface area (Å²) in [7, 11) is 0. The molecule has 1 unspecified atom stereocenters. The van der Waals surface area contributed by atoms with Gasteiger partial charge in [-0.2, -0.15) is 5.26 Å². The summed E-state index contributed by atoms with van der Waals surface area (Å²) < 4.78 is 5.35. The lowest BCUT2D eigenvalue weighted by Crippen LogP contribution is -2.47. The average Bonchev–Trinajstić information content (AvgIpc) is 2.46. The minimum absolute atomic E-state index is 0.0289. The third kappa shape index (κ3) is 4.90. The molecule has 20 heavy (non-hydrogen) atoms. The average molecular weight is 276 g/mol. The van der Waals surface area contributed by atoms with Crippen LogP contribution >= 0.6 is 0 Å². The molecular formula is C15H20N2O3. The maximum absolute atomic E-state index is 11.8. The van der Waals surface area contributed by atoms with Crippen LogP contribution in [0.15, 0.2) is 24.3 Å². The number of aliphatic hydroxyl groups is 1. The van der Waals surface area contributed by atoms with Gasteiger partial charge in [-0.15, -0.1) is 0 Å². The van der Waals surface area contributed by atoms with Crippen LogP contribution in [0.3, 0.4) is 0 Å². The molecule has 0 saturated heterocycles. The molecule has 5 nitrogen and oxygen atoms in total. The first kappa shape index (κ1) is 16.0. The normalized spacial score (nSPS) is 13.1. The monoisotopic (exact) mass is 276 g/mol. The van der Waals surface area contributed by atoms with Crippen LogP contribution in [0.2, 0.25) is 0 Å². The topological polar surface area (TPSA) is 82.3 Å². The van der Waals surface area contributed by atoms with Gasteiger partial charge in [0.1, 0.15) is 5.75 Å². The van der Waals surface area contributed by atoms with E-state index in [1.54, 1.807) is 24.3 Å². The summed E-state index contributed by atoms with van der Waals surface area (Å²) in [5.74, 6) is 0.312. The van der Waals surface area contributed by atoms with Crippen molar-refractivity contribution in [1.82, 2.24) is 5.32 Å². The molecule has 0 heterocycles. The molecule has 1 atom stereocenters. The van der Waals surface area contributed by atoms with Crippen LogP contribution in [0.5, 0.6) is 5.75 Å². The Kier molecular flexibility index (Phi) is 6.01. The van der Waals surface area contributed by atoms with E-state index < -0.39 is 5.54 Å². The van der Waals surface area contributed by atoms with Gasteiger partial charge in [0.25, 0.3) is 5.91 Å². The van der Waals surface area contributed by atoms with E-state index >= 15 is 0 Å². The molecule has 5 heteroatoms. The van der Waals surface area contributed by atoms with Crippen molar-refractivity contribution in [2.24, 2.45) is 0 Å². The van der Waals surface area contributed by atoms with Crippen molar-refractivity contribution in [2.75, 3.05) is 13.2 Å². The Morgan fingerprint density at radius 1 is 1.45 bits per heavy atom. The van der Waals surface area contributed by atoms with Crippen molar-refractivity contribution in [1.29, 1.82) is 5.26 Å². The van der Waals surface area contributed by atoms with E-state index in [0.717, 1.165) is 6.42 Å². The Hall–Kier alpha value is -2.06. The van der Waals surface area contributed by atoms with Gasteiger partial charge in [0, 0.05) is 12.1 Å². The quantitative estimate of drug-likeness (QED) is 0.792. The lowest BCUT2D eigenvalue weighted by Gasteiger charge is -2.28. The second-order valence-corrected chi connectivity index (χ2v) is 4.86. The first-order chi connectivity index (χ1) is 9.53. The smallest absolute Gasteiger partial charge is 0.258 e. The molecule has 1 aromatic carbocycles. The van der Waals surface area contributed by atoms with E-state index in [1.807, 2.05) is 19.9 Å². The van der Waals surface area contributed by atoms with Gasteiger partial charge in [-0.3, -0.25) is 4.79 Å². The molecule has 0 spiro atoms. The number of amides is 1. The molecule has 0 radical (unpaired) electrons. The number of nitrogens with zero attached hydrogens (tertiary/aromatic N) is 1. The van der Waals surface area contributed by atoms with E-state index in [1.165, 1.54) is 0 Å². The largest absolute Gasteiger partial charge is 0.484 e. The molecule has 0 aliphatic heterocycles. The molecule has 0 saturated carbocycles. The van der Waals surface area contributed by atoms with Gasteiger partial charge in [-0.25, -0.2) is 0 Å². The number of carbonyl (C=O) groups excluding carboxylic acids is 1. The molecule has 108 valence electrons. The summed E-state index contributed by atoms with van der Waals surface area (Å²) in [6, 6.07) is 8.58.